The summed E-state index contributed by atoms with van der Waals surface area (Å²) in [4.78, 5) is 27.1. The molecule has 0 saturated carbocycles. The maximum Gasteiger partial charge on any atom is 0.264 e. The van der Waals surface area contributed by atoms with Crippen LogP contribution in [0.4, 0.5) is 5.69 Å². The Morgan fingerprint density at radius 3 is 2.53 bits per heavy atom. The Morgan fingerprint density at radius 2 is 1.90 bits per heavy atom. The van der Waals surface area contributed by atoms with Crippen molar-refractivity contribution in [1.82, 2.24) is 4.90 Å². The molecule has 1 unspecified atom stereocenters. The van der Waals surface area contributed by atoms with Crippen LogP contribution in [0.15, 0.2) is 48.5 Å². The van der Waals surface area contributed by atoms with Crippen molar-refractivity contribution in [2.75, 3.05) is 25.5 Å². The first-order chi connectivity index (χ1) is 14.4. The van der Waals surface area contributed by atoms with E-state index in [-0.39, 0.29) is 24.3 Å². The van der Waals surface area contributed by atoms with E-state index in [2.05, 4.69) is 11.4 Å². The lowest BCUT2D eigenvalue weighted by Crippen LogP contribution is -2.47. The van der Waals surface area contributed by atoms with Gasteiger partial charge >= 0.3 is 0 Å². The third-order valence-corrected chi connectivity index (χ3v) is 4.49. The van der Waals surface area contributed by atoms with Gasteiger partial charge in [-0.25, -0.2) is 0 Å². The smallest absolute Gasteiger partial charge is 0.264 e. The first-order valence-electron chi connectivity index (χ1n) is 9.78. The van der Waals surface area contributed by atoms with Gasteiger partial charge in [0.15, 0.2) is 6.10 Å². The Hall–Kier alpha value is -3.53. The van der Waals surface area contributed by atoms with Crippen LogP contribution in [0.1, 0.15) is 26.3 Å². The second-order valence-corrected chi connectivity index (χ2v) is 7.02. The predicted molar refractivity (Wildman–Crippen MR) is 114 cm³/mol. The molecule has 0 aliphatic heterocycles. The van der Waals surface area contributed by atoms with Crippen LogP contribution in [0.3, 0.4) is 0 Å². The van der Waals surface area contributed by atoms with Crippen molar-refractivity contribution in [3.63, 3.8) is 0 Å². The fourth-order valence-electron chi connectivity index (χ4n) is 2.87. The zero-order chi connectivity index (χ0) is 22.1. The standard InChI is InChI=1S/C23H27N3O4/c1-5-26(15-21(27)25-18-10-8-11-19(13-18)29-4)23(28)22(16(2)3)30-20-12-7-6-9-17(20)14-24/h6-13,16,22H,5,15H2,1-4H3,(H,25,27). The number of anilines is 1. The van der Waals surface area contributed by atoms with E-state index in [9.17, 15) is 14.9 Å². The summed E-state index contributed by atoms with van der Waals surface area (Å²) in [6.45, 7) is 5.76. The van der Waals surface area contributed by atoms with Gasteiger partial charge in [0.1, 0.15) is 17.6 Å². The summed E-state index contributed by atoms with van der Waals surface area (Å²) in [5.74, 6) is 0.198. The van der Waals surface area contributed by atoms with Gasteiger partial charge in [-0.05, 0) is 37.1 Å². The number of ether oxygens (including phenoxy) is 2. The lowest BCUT2D eigenvalue weighted by atomic mass is 10.1. The van der Waals surface area contributed by atoms with Crippen molar-refractivity contribution < 1.29 is 19.1 Å². The summed E-state index contributed by atoms with van der Waals surface area (Å²) < 4.78 is 11.1. The number of rotatable bonds is 9. The molecule has 2 rings (SSSR count). The number of nitriles is 1. The largest absolute Gasteiger partial charge is 0.497 e. The Balaban J connectivity index is 2.11. The average Bonchev–Trinajstić information content (AvgIpc) is 2.75. The lowest BCUT2D eigenvalue weighted by Gasteiger charge is -2.28. The van der Waals surface area contributed by atoms with Crippen LogP contribution in [0.25, 0.3) is 0 Å². The highest BCUT2D eigenvalue weighted by molar-refractivity contribution is 5.95. The van der Waals surface area contributed by atoms with Crippen molar-refractivity contribution in [3.05, 3.63) is 54.1 Å². The summed E-state index contributed by atoms with van der Waals surface area (Å²) in [6, 6.07) is 15.8. The van der Waals surface area contributed by atoms with Gasteiger partial charge in [-0.15, -0.1) is 0 Å². The van der Waals surface area contributed by atoms with Crippen molar-refractivity contribution >= 4 is 17.5 Å². The summed E-state index contributed by atoms with van der Waals surface area (Å²) >= 11 is 0. The minimum atomic E-state index is -0.816. The third-order valence-electron chi connectivity index (χ3n) is 4.49. The van der Waals surface area contributed by atoms with Crippen LogP contribution in [0.2, 0.25) is 0 Å². The maximum absolute atomic E-state index is 13.1. The molecule has 1 atom stereocenters. The zero-order valence-electron chi connectivity index (χ0n) is 17.7. The molecule has 2 aromatic carbocycles. The zero-order valence-corrected chi connectivity index (χ0v) is 17.7. The molecule has 30 heavy (non-hydrogen) atoms. The number of hydrogen-bond donors (Lipinski definition) is 1. The van der Waals surface area contributed by atoms with E-state index in [4.69, 9.17) is 9.47 Å². The van der Waals surface area contributed by atoms with Gasteiger partial charge in [-0.3, -0.25) is 9.59 Å². The van der Waals surface area contributed by atoms with Crippen LogP contribution in [-0.2, 0) is 9.59 Å². The summed E-state index contributed by atoms with van der Waals surface area (Å²) in [5, 5.41) is 12.0. The number of amides is 2. The molecule has 0 heterocycles. The number of carbonyl (C=O) groups is 2. The number of nitrogens with zero attached hydrogens (tertiary/aromatic N) is 2. The number of methoxy groups -OCH3 is 1. The Kier molecular flexibility index (Phi) is 8.24. The first-order valence-corrected chi connectivity index (χ1v) is 9.78. The Morgan fingerprint density at radius 1 is 1.17 bits per heavy atom. The predicted octanol–water partition coefficient (Wildman–Crippen LogP) is 3.46. The molecule has 0 bridgehead atoms. The topological polar surface area (TPSA) is 91.7 Å². The second kappa shape index (κ2) is 10.9. The van der Waals surface area contributed by atoms with Crippen molar-refractivity contribution in [2.24, 2.45) is 5.92 Å². The molecule has 0 radical (unpaired) electrons. The van der Waals surface area contributed by atoms with E-state index in [0.29, 0.717) is 29.3 Å². The third kappa shape index (κ3) is 5.98. The molecule has 2 aromatic rings. The molecular formula is C23H27N3O4. The molecule has 0 aliphatic rings. The fraction of sp³-hybridized carbons (Fsp3) is 0.348. The van der Waals surface area contributed by atoms with Gasteiger partial charge in [-0.1, -0.05) is 32.0 Å². The number of carbonyl (C=O) groups excluding carboxylic acids is 2. The SMILES string of the molecule is CCN(CC(=O)Nc1cccc(OC)c1)C(=O)C(Oc1ccccc1C#N)C(C)C. The van der Waals surface area contributed by atoms with E-state index < -0.39 is 6.10 Å². The van der Waals surface area contributed by atoms with E-state index >= 15 is 0 Å². The highest BCUT2D eigenvalue weighted by Gasteiger charge is 2.30. The van der Waals surface area contributed by atoms with Crippen LogP contribution in [0, 0.1) is 17.2 Å². The number of para-hydroxylation sites is 1. The molecule has 0 aromatic heterocycles. The molecular weight excluding hydrogens is 382 g/mol. The van der Waals surface area contributed by atoms with Crippen LogP contribution in [-0.4, -0.2) is 43.0 Å². The van der Waals surface area contributed by atoms with E-state index in [1.807, 2.05) is 13.8 Å². The summed E-state index contributed by atoms with van der Waals surface area (Å²) in [6.07, 6.45) is -0.816. The van der Waals surface area contributed by atoms with Crippen molar-refractivity contribution in [3.8, 4) is 17.6 Å². The Bertz CT molecular complexity index is 921. The van der Waals surface area contributed by atoms with Crippen LogP contribution in [0.5, 0.6) is 11.5 Å². The first kappa shape index (κ1) is 22.8. The highest BCUT2D eigenvalue weighted by atomic mass is 16.5. The number of benzene rings is 2. The molecule has 0 fully saturated rings. The van der Waals surface area contributed by atoms with Gasteiger partial charge in [0.05, 0.1) is 19.2 Å². The monoisotopic (exact) mass is 409 g/mol. The van der Waals surface area contributed by atoms with E-state index in [0.717, 1.165) is 0 Å². The van der Waals surface area contributed by atoms with E-state index in [1.165, 1.54) is 4.90 Å². The normalized spacial score (nSPS) is 11.3. The van der Waals surface area contributed by atoms with Crippen molar-refractivity contribution in [2.45, 2.75) is 26.9 Å². The molecule has 0 spiro atoms. The molecule has 1 N–H and O–H groups in total. The fourth-order valence-corrected chi connectivity index (χ4v) is 2.87. The Labute approximate surface area is 177 Å². The molecule has 7 heteroatoms. The van der Waals surface area contributed by atoms with Gasteiger partial charge < -0.3 is 19.7 Å². The van der Waals surface area contributed by atoms with Gasteiger partial charge in [0, 0.05) is 18.3 Å². The average molecular weight is 409 g/mol. The van der Waals surface area contributed by atoms with Gasteiger partial charge in [0.25, 0.3) is 5.91 Å². The van der Waals surface area contributed by atoms with Gasteiger partial charge in [-0.2, -0.15) is 5.26 Å². The molecule has 7 nitrogen and oxygen atoms in total. The van der Waals surface area contributed by atoms with Crippen molar-refractivity contribution in [1.29, 1.82) is 5.26 Å². The summed E-state index contributed by atoms with van der Waals surface area (Å²) in [5.41, 5.74) is 0.942. The molecule has 0 aliphatic carbocycles. The van der Waals surface area contributed by atoms with Gasteiger partial charge in [0.2, 0.25) is 5.91 Å². The van der Waals surface area contributed by atoms with E-state index in [1.54, 1.807) is 62.6 Å². The summed E-state index contributed by atoms with van der Waals surface area (Å²) in [7, 11) is 1.55. The molecule has 158 valence electrons. The lowest BCUT2D eigenvalue weighted by molar-refractivity contribution is -0.142. The molecule has 2 amide bonds. The quantitative estimate of drug-likeness (QED) is 0.685. The number of nitrogens with one attached hydrogen (secondary N) is 1. The van der Waals surface area contributed by atoms with Crippen LogP contribution >= 0.6 is 0 Å². The highest BCUT2D eigenvalue weighted by Crippen LogP contribution is 2.22. The number of likely N-dealkylation sites (N-methyl/N-ethyl adjacent to an activating group) is 1. The maximum atomic E-state index is 13.1. The number of hydrogen-bond acceptors (Lipinski definition) is 5. The minimum Gasteiger partial charge on any atom is -0.497 e. The second-order valence-electron chi connectivity index (χ2n) is 7.02. The van der Waals surface area contributed by atoms with Crippen LogP contribution < -0.4 is 14.8 Å². The minimum absolute atomic E-state index is 0.112. The molecule has 0 saturated heterocycles.